The van der Waals surface area contributed by atoms with Gasteiger partial charge in [-0.1, -0.05) is 12.1 Å². The van der Waals surface area contributed by atoms with Crippen LogP contribution >= 0.6 is 0 Å². The van der Waals surface area contributed by atoms with Crippen LogP contribution in [0.5, 0.6) is 5.75 Å². The molecule has 2 atom stereocenters. The highest BCUT2D eigenvalue weighted by atomic mass is 16.5. The Morgan fingerprint density at radius 1 is 1.24 bits per heavy atom. The predicted octanol–water partition coefficient (Wildman–Crippen LogP) is 3.44. The maximum atomic E-state index is 13.2. The Morgan fingerprint density at radius 3 is 2.60 bits per heavy atom. The van der Waals surface area contributed by atoms with E-state index in [-0.39, 0.29) is 17.9 Å². The number of benzene rings is 1. The summed E-state index contributed by atoms with van der Waals surface area (Å²) in [5, 5.41) is 0. The molecule has 1 amide bonds. The number of aromatic nitrogens is 1. The molecule has 0 spiro atoms. The maximum absolute atomic E-state index is 13.2. The molecule has 5 nitrogen and oxygen atoms in total. The summed E-state index contributed by atoms with van der Waals surface area (Å²) in [5.74, 6) is 0.800. The van der Waals surface area contributed by atoms with E-state index in [1.165, 1.54) is 0 Å². The fourth-order valence-corrected chi connectivity index (χ4v) is 3.18. The van der Waals surface area contributed by atoms with Crippen LogP contribution in [0.4, 0.5) is 5.69 Å². The Hall–Kier alpha value is -2.40. The number of amides is 1. The number of carbonyl (C=O) groups is 1. The molecule has 5 heteroatoms. The molecule has 0 unspecified atom stereocenters. The molecular weight excluding hydrogens is 316 g/mol. The van der Waals surface area contributed by atoms with Crippen LogP contribution in [0.2, 0.25) is 0 Å². The molecule has 2 aromatic rings. The molecule has 0 saturated carbocycles. The van der Waals surface area contributed by atoms with Gasteiger partial charge in [-0.05, 0) is 49.6 Å². The number of anilines is 1. The highest BCUT2D eigenvalue weighted by Crippen LogP contribution is 2.27. The first-order valence-corrected chi connectivity index (χ1v) is 8.65. The van der Waals surface area contributed by atoms with Crippen molar-refractivity contribution in [2.24, 2.45) is 5.92 Å². The van der Waals surface area contributed by atoms with E-state index in [1.807, 2.05) is 48.2 Å². The normalized spacial score (nSPS) is 20.1. The second-order valence-electron chi connectivity index (χ2n) is 6.30. The van der Waals surface area contributed by atoms with Crippen LogP contribution in [-0.2, 0) is 16.1 Å². The van der Waals surface area contributed by atoms with Gasteiger partial charge in [-0.25, -0.2) is 0 Å². The van der Waals surface area contributed by atoms with Crippen LogP contribution in [0.15, 0.2) is 48.8 Å². The number of rotatable bonds is 5. The fraction of sp³-hybridized carbons (Fsp3) is 0.400. The molecule has 0 N–H and O–H groups in total. The van der Waals surface area contributed by atoms with Gasteiger partial charge in [-0.2, -0.15) is 0 Å². The van der Waals surface area contributed by atoms with E-state index < -0.39 is 0 Å². The van der Waals surface area contributed by atoms with Gasteiger partial charge >= 0.3 is 0 Å². The van der Waals surface area contributed by atoms with Crippen molar-refractivity contribution in [3.8, 4) is 5.75 Å². The Morgan fingerprint density at radius 2 is 1.96 bits per heavy atom. The molecule has 0 bridgehead atoms. The lowest BCUT2D eigenvalue weighted by molar-refractivity contribution is -0.130. The summed E-state index contributed by atoms with van der Waals surface area (Å²) < 4.78 is 10.9. The summed E-state index contributed by atoms with van der Waals surface area (Å²) in [5.41, 5.74) is 1.91. The van der Waals surface area contributed by atoms with Gasteiger partial charge in [0.1, 0.15) is 5.75 Å². The summed E-state index contributed by atoms with van der Waals surface area (Å²) >= 11 is 0. The standard InChI is InChI=1S/C20H24N2O3/c1-15-19(4-3-13-25-15)20(23)22(17-9-11-21-12-10-17)14-16-5-7-18(24-2)8-6-16/h5-12,15,19H,3-4,13-14H2,1-2H3/t15-,19+/m1/s1. The van der Waals surface area contributed by atoms with Gasteiger partial charge in [0.15, 0.2) is 0 Å². The molecule has 3 rings (SSSR count). The van der Waals surface area contributed by atoms with Crippen LogP contribution in [0.1, 0.15) is 25.3 Å². The zero-order valence-corrected chi connectivity index (χ0v) is 14.7. The molecule has 1 saturated heterocycles. The molecule has 0 radical (unpaired) electrons. The van der Waals surface area contributed by atoms with E-state index in [2.05, 4.69) is 4.98 Å². The lowest BCUT2D eigenvalue weighted by Crippen LogP contribution is -2.42. The Balaban J connectivity index is 1.85. The summed E-state index contributed by atoms with van der Waals surface area (Å²) in [4.78, 5) is 19.1. The van der Waals surface area contributed by atoms with Crippen molar-refractivity contribution in [1.29, 1.82) is 0 Å². The van der Waals surface area contributed by atoms with E-state index in [9.17, 15) is 4.79 Å². The van der Waals surface area contributed by atoms with Gasteiger partial charge in [0.05, 0.1) is 25.7 Å². The Bertz CT molecular complexity index is 688. The number of carbonyl (C=O) groups excluding carboxylic acids is 1. The molecule has 1 aromatic heterocycles. The van der Waals surface area contributed by atoms with Crippen molar-refractivity contribution in [1.82, 2.24) is 4.98 Å². The van der Waals surface area contributed by atoms with Gasteiger partial charge in [-0.15, -0.1) is 0 Å². The molecule has 1 aromatic carbocycles. The largest absolute Gasteiger partial charge is 0.497 e. The van der Waals surface area contributed by atoms with Crippen molar-refractivity contribution in [2.45, 2.75) is 32.4 Å². The molecule has 132 valence electrons. The van der Waals surface area contributed by atoms with Crippen molar-refractivity contribution >= 4 is 11.6 Å². The molecule has 0 aliphatic carbocycles. The van der Waals surface area contributed by atoms with Crippen molar-refractivity contribution in [2.75, 3.05) is 18.6 Å². The van der Waals surface area contributed by atoms with Gasteiger partial charge in [0.2, 0.25) is 5.91 Å². The highest BCUT2D eigenvalue weighted by molar-refractivity contribution is 5.95. The predicted molar refractivity (Wildman–Crippen MR) is 96.6 cm³/mol. The van der Waals surface area contributed by atoms with Gasteiger partial charge in [0.25, 0.3) is 0 Å². The van der Waals surface area contributed by atoms with Gasteiger partial charge in [-0.3, -0.25) is 9.78 Å². The van der Waals surface area contributed by atoms with Crippen molar-refractivity contribution < 1.29 is 14.3 Å². The first kappa shape index (κ1) is 17.4. The quantitative estimate of drug-likeness (QED) is 0.837. The molecule has 2 heterocycles. The minimum absolute atomic E-state index is 0.0542. The summed E-state index contributed by atoms with van der Waals surface area (Å²) in [7, 11) is 1.65. The average molecular weight is 340 g/mol. The number of methoxy groups -OCH3 is 1. The molecular formula is C20H24N2O3. The minimum Gasteiger partial charge on any atom is -0.497 e. The summed E-state index contributed by atoms with van der Waals surface area (Å²) in [6, 6.07) is 11.5. The number of hydrogen-bond donors (Lipinski definition) is 0. The number of ether oxygens (including phenoxy) is 2. The second kappa shape index (κ2) is 8.12. The number of pyridine rings is 1. The number of nitrogens with zero attached hydrogens (tertiary/aromatic N) is 2. The van der Waals surface area contributed by atoms with Crippen molar-refractivity contribution in [3.63, 3.8) is 0 Å². The number of hydrogen-bond acceptors (Lipinski definition) is 4. The van der Waals surface area contributed by atoms with Crippen LogP contribution in [0.25, 0.3) is 0 Å². The molecule has 1 aliphatic rings. The summed E-state index contributed by atoms with van der Waals surface area (Å²) in [6.45, 7) is 3.23. The second-order valence-corrected chi connectivity index (χ2v) is 6.30. The zero-order valence-electron chi connectivity index (χ0n) is 14.7. The van der Waals surface area contributed by atoms with Gasteiger partial charge in [0, 0.05) is 24.7 Å². The van der Waals surface area contributed by atoms with E-state index in [4.69, 9.17) is 9.47 Å². The van der Waals surface area contributed by atoms with E-state index in [0.717, 1.165) is 36.4 Å². The van der Waals surface area contributed by atoms with Crippen LogP contribution in [-0.4, -0.2) is 30.7 Å². The molecule has 1 aliphatic heterocycles. The SMILES string of the molecule is COc1ccc(CN(C(=O)[C@H]2CCCO[C@@H]2C)c2ccncc2)cc1. The third kappa shape index (κ3) is 4.17. The fourth-order valence-electron chi connectivity index (χ4n) is 3.18. The highest BCUT2D eigenvalue weighted by Gasteiger charge is 2.32. The lowest BCUT2D eigenvalue weighted by atomic mass is 9.93. The third-order valence-corrected chi connectivity index (χ3v) is 4.66. The first-order chi connectivity index (χ1) is 12.2. The minimum atomic E-state index is -0.111. The molecule has 1 fully saturated rings. The Kier molecular flexibility index (Phi) is 5.66. The van der Waals surface area contributed by atoms with E-state index >= 15 is 0 Å². The van der Waals surface area contributed by atoms with Gasteiger partial charge < -0.3 is 14.4 Å². The summed E-state index contributed by atoms with van der Waals surface area (Å²) in [6.07, 6.45) is 5.16. The maximum Gasteiger partial charge on any atom is 0.233 e. The van der Waals surface area contributed by atoms with Crippen LogP contribution in [0, 0.1) is 5.92 Å². The van der Waals surface area contributed by atoms with Crippen molar-refractivity contribution in [3.05, 3.63) is 54.4 Å². The lowest BCUT2D eigenvalue weighted by Gasteiger charge is -2.33. The average Bonchev–Trinajstić information content (AvgIpc) is 2.67. The van der Waals surface area contributed by atoms with Crippen LogP contribution in [0.3, 0.4) is 0 Å². The van der Waals surface area contributed by atoms with E-state index in [0.29, 0.717) is 6.54 Å². The first-order valence-electron chi connectivity index (χ1n) is 8.65. The van der Waals surface area contributed by atoms with Crippen LogP contribution < -0.4 is 9.64 Å². The van der Waals surface area contributed by atoms with E-state index in [1.54, 1.807) is 19.5 Å². The molecule has 25 heavy (non-hydrogen) atoms. The third-order valence-electron chi connectivity index (χ3n) is 4.66. The topological polar surface area (TPSA) is 51.7 Å². The monoisotopic (exact) mass is 340 g/mol. The zero-order chi connectivity index (χ0) is 17.6. The smallest absolute Gasteiger partial charge is 0.233 e. The Labute approximate surface area is 148 Å².